The Labute approximate surface area is 129 Å². The van der Waals surface area contributed by atoms with E-state index in [1.807, 2.05) is 43.3 Å². The predicted octanol–water partition coefficient (Wildman–Crippen LogP) is 4.46. The number of benzene rings is 2. The first-order valence-corrected chi connectivity index (χ1v) is 7.35. The number of carbonyl (C=O) groups is 1. The highest BCUT2D eigenvalue weighted by Gasteiger charge is 2.10. The van der Waals surface area contributed by atoms with Crippen LogP contribution in [0.4, 0.5) is 5.69 Å². The zero-order valence-corrected chi connectivity index (χ0v) is 12.9. The molecule has 0 fully saturated rings. The van der Waals surface area contributed by atoms with Crippen molar-refractivity contribution in [2.45, 2.75) is 27.2 Å². The molecule has 3 aromatic rings. The number of hydrogen-bond acceptors (Lipinski definition) is 3. The van der Waals surface area contributed by atoms with Crippen LogP contribution >= 0.6 is 0 Å². The number of anilines is 1. The monoisotopic (exact) mass is 294 g/mol. The van der Waals surface area contributed by atoms with Gasteiger partial charge in [-0.15, -0.1) is 0 Å². The van der Waals surface area contributed by atoms with Gasteiger partial charge in [0.25, 0.3) is 0 Å². The number of nitrogens with zero attached hydrogens (tertiary/aromatic N) is 1. The van der Waals surface area contributed by atoms with Crippen molar-refractivity contribution in [2.24, 2.45) is 0 Å². The minimum absolute atomic E-state index is 0.000521. The van der Waals surface area contributed by atoms with Crippen LogP contribution in [0.5, 0.6) is 0 Å². The van der Waals surface area contributed by atoms with Gasteiger partial charge >= 0.3 is 0 Å². The van der Waals surface area contributed by atoms with Crippen molar-refractivity contribution in [1.29, 1.82) is 0 Å². The molecule has 0 spiro atoms. The highest BCUT2D eigenvalue weighted by Crippen LogP contribution is 2.27. The van der Waals surface area contributed by atoms with Gasteiger partial charge in [0.2, 0.25) is 11.8 Å². The van der Waals surface area contributed by atoms with Gasteiger partial charge in [0, 0.05) is 17.7 Å². The lowest BCUT2D eigenvalue weighted by molar-refractivity contribution is -0.115. The van der Waals surface area contributed by atoms with Crippen LogP contribution in [0.15, 0.2) is 40.8 Å². The molecule has 112 valence electrons. The number of amides is 1. The van der Waals surface area contributed by atoms with Crippen molar-refractivity contribution in [3.05, 3.63) is 47.5 Å². The summed E-state index contributed by atoms with van der Waals surface area (Å²) >= 11 is 0. The highest BCUT2D eigenvalue weighted by molar-refractivity contribution is 5.90. The number of rotatable bonds is 3. The van der Waals surface area contributed by atoms with Gasteiger partial charge in [-0.05, 0) is 61.4 Å². The average Bonchev–Trinajstić information content (AvgIpc) is 2.91. The van der Waals surface area contributed by atoms with Gasteiger partial charge in [0.15, 0.2) is 5.58 Å². The van der Waals surface area contributed by atoms with E-state index in [1.54, 1.807) is 0 Å². The quantitative estimate of drug-likeness (QED) is 0.776. The Morgan fingerprint density at radius 1 is 1.14 bits per heavy atom. The van der Waals surface area contributed by atoms with Gasteiger partial charge in [0.05, 0.1) is 0 Å². The lowest BCUT2D eigenvalue weighted by Gasteiger charge is -2.03. The van der Waals surface area contributed by atoms with E-state index in [1.165, 1.54) is 11.1 Å². The van der Waals surface area contributed by atoms with Gasteiger partial charge < -0.3 is 9.73 Å². The van der Waals surface area contributed by atoms with Crippen molar-refractivity contribution in [2.75, 3.05) is 5.32 Å². The summed E-state index contributed by atoms with van der Waals surface area (Å²) in [5.74, 6) is 0.592. The van der Waals surface area contributed by atoms with Gasteiger partial charge in [-0.3, -0.25) is 4.79 Å². The molecule has 0 saturated heterocycles. The molecular formula is C18H18N2O2. The van der Waals surface area contributed by atoms with E-state index in [-0.39, 0.29) is 5.91 Å². The first-order valence-electron chi connectivity index (χ1n) is 7.35. The molecule has 1 amide bonds. The van der Waals surface area contributed by atoms with Crippen molar-refractivity contribution in [3.63, 3.8) is 0 Å². The first kappa shape index (κ1) is 14.3. The number of carbonyl (C=O) groups excluding carboxylic acids is 1. The molecule has 0 aliphatic heterocycles. The molecule has 1 heterocycles. The largest absolute Gasteiger partial charge is 0.436 e. The summed E-state index contributed by atoms with van der Waals surface area (Å²) in [5, 5.41) is 2.82. The summed E-state index contributed by atoms with van der Waals surface area (Å²) in [6.07, 6.45) is 0.464. The van der Waals surface area contributed by atoms with Crippen molar-refractivity contribution in [1.82, 2.24) is 4.98 Å². The second-order valence-electron chi connectivity index (χ2n) is 5.40. The molecule has 4 nitrogen and oxygen atoms in total. The fraction of sp³-hybridized carbons (Fsp3) is 0.222. The molecule has 0 radical (unpaired) electrons. The summed E-state index contributed by atoms with van der Waals surface area (Å²) in [6, 6.07) is 11.6. The van der Waals surface area contributed by atoms with Gasteiger partial charge in [-0.25, -0.2) is 4.98 Å². The summed E-state index contributed by atoms with van der Waals surface area (Å²) in [4.78, 5) is 15.9. The third-order valence-corrected chi connectivity index (χ3v) is 3.74. The molecule has 22 heavy (non-hydrogen) atoms. The molecule has 0 aliphatic carbocycles. The average molecular weight is 294 g/mol. The maximum atomic E-state index is 11.4. The number of oxazole rings is 1. The summed E-state index contributed by atoms with van der Waals surface area (Å²) in [5.41, 5.74) is 5.71. The lowest BCUT2D eigenvalue weighted by Crippen LogP contribution is -2.08. The topological polar surface area (TPSA) is 55.1 Å². The van der Waals surface area contributed by atoms with Crippen LogP contribution in [0.2, 0.25) is 0 Å². The summed E-state index contributed by atoms with van der Waals surface area (Å²) in [7, 11) is 0. The molecule has 0 unspecified atom stereocenters. The lowest BCUT2D eigenvalue weighted by atomic mass is 10.1. The van der Waals surface area contributed by atoms with E-state index in [0.29, 0.717) is 12.3 Å². The Morgan fingerprint density at radius 3 is 2.50 bits per heavy atom. The van der Waals surface area contributed by atoms with E-state index < -0.39 is 0 Å². The van der Waals surface area contributed by atoms with Gasteiger partial charge in [-0.1, -0.05) is 6.92 Å². The van der Waals surface area contributed by atoms with E-state index >= 15 is 0 Å². The number of aromatic nitrogens is 1. The fourth-order valence-electron chi connectivity index (χ4n) is 2.25. The van der Waals surface area contributed by atoms with Crippen molar-refractivity contribution < 1.29 is 9.21 Å². The molecule has 1 N–H and O–H groups in total. The smallest absolute Gasteiger partial charge is 0.227 e. The predicted molar refractivity (Wildman–Crippen MR) is 87.8 cm³/mol. The van der Waals surface area contributed by atoms with Crippen molar-refractivity contribution in [3.8, 4) is 11.5 Å². The second-order valence-corrected chi connectivity index (χ2v) is 5.40. The molecule has 0 aliphatic rings. The standard InChI is InChI=1S/C18H18N2O2/c1-4-17(21)19-14-7-5-13(6-8-14)18-20-15-9-11(2)12(3)10-16(15)22-18/h5-10H,4H2,1-3H3,(H,19,21). The molecule has 0 saturated carbocycles. The Kier molecular flexibility index (Phi) is 3.67. The Balaban J connectivity index is 1.92. The fourth-order valence-corrected chi connectivity index (χ4v) is 2.25. The minimum Gasteiger partial charge on any atom is -0.436 e. The Bertz CT molecular complexity index is 793. The molecule has 0 atom stereocenters. The number of hydrogen-bond donors (Lipinski definition) is 1. The van der Waals surface area contributed by atoms with Gasteiger partial charge in [0.1, 0.15) is 5.52 Å². The van der Waals surface area contributed by atoms with Crippen LogP contribution in [-0.4, -0.2) is 10.9 Å². The van der Waals surface area contributed by atoms with Crippen LogP contribution < -0.4 is 5.32 Å². The highest BCUT2D eigenvalue weighted by atomic mass is 16.3. The summed E-state index contributed by atoms with van der Waals surface area (Å²) in [6.45, 7) is 5.95. The minimum atomic E-state index is 0.000521. The molecule has 1 aromatic heterocycles. The van der Waals surface area contributed by atoms with Crippen molar-refractivity contribution >= 4 is 22.7 Å². The van der Waals surface area contributed by atoms with E-state index in [4.69, 9.17) is 4.42 Å². The van der Waals surface area contributed by atoms with E-state index in [9.17, 15) is 4.79 Å². The maximum absolute atomic E-state index is 11.4. The molecule has 0 bridgehead atoms. The van der Waals surface area contributed by atoms with Gasteiger partial charge in [-0.2, -0.15) is 0 Å². The molecule has 4 heteroatoms. The zero-order valence-electron chi connectivity index (χ0n) is 12.9. The molecule has 3 rings (SSSR count). The number of nitrogens with one attached hydrogen (secondary N) is 1. The Morgan fingerprint density at radius 2 is 1.82 bits per heavy atom. The normalized spacial score (nSPS) is 10.9. The third kappa shape index (κ3) is 2.72. The van der Waals surface area contributed by atoms with Crippen LogP contribution in [0, 0.1) is 13.8 Å². The molecule has 2 aromatic carbocycles. The number of aryl methyl sites for hydroxylation is 2. The van der Waals surface area contributed by atoms with Crippen LogP contribution in [0.25, 0.3) is 22.6 Å². The molecular weight excluding hydrogens is 276 g/mol. The Hall–Kier alpha value is -2.62. The van der Waals surface area contributed by atoms with Crippen LogP contribution in [0.1, 0.15) is 24.5 Å². The summed E-state index contributed by atoms with van der Waals surface area (Å²) < 4.78 is 5.83. The van der Waals surface area contributed by atoms with E-state index in [2.05, 4.69) is 24.1 Å². The van der Waals surface area contributed by atoms with E-state index in [0.717, 1.165) is 22.4 Å². The zero-order chi connectivity index (χ0) is 15.7. The first-order chi connectivity index (χ1) is 10.6. The SMILES string of the molecule is CCC(=O)Nc1ccc(-c2nc3cc(C)c(C)cc3o2)cc1. The number of fused-ring (bicyclic) bond motifs is 1. The maximum Gasteiger partial charge on any atom is 0.227 e. The van der Waals surface area contributed by atoms with Crippen LogP contribution in [-0.2, 0) is 4.79 Å². The van der Waals surface area contributed by atoms with Crippen LogP contribution in [0.3, 0.4) is 0 Å². The third-order valence-electron chi connectivity index (χ3n) is 3.74. The second kappa shape index (κ2) is 5.64.